The van der Waals surface area contributed by atoms with Crippen LogP contribution in [-0.2, 0) is 0 Å². The van der Waals surface area contributed by atoms with E-state index in [0.29, 0.717) is 36.6 Å². The predicted molar refractivity (Wildman–Crippen MR) is 111 cm³/mol. The highest BCUT2D eigenvalue weighted by atomic mass is 19.1. The van der Waals surface area contributed by atoms with Crippen molar-refractivity contribution in [3.63, 3.8) is 0 Å². The van der Waals surface area contributed by atoms with Gasteiger partial charge in [-0.2, -0.15) is 0 Å². The summed E-state index contributed by atoms with van der Waals surface area (Å²) in [6.07, 6.45) is 2.03. The van der Waals surface area contributed by atoms with Crippen LogP contribution in [0.25, 0.3) is 0 Å². The number of hydrogen-bond donors (Lipinski definition) is 2. The Kier molecular flexibility index (Phi) is 5.38. The number of amides is 3. The van der Waals surface area contributed by atoms with Crippen molar-refractivity contribution in [3.05, 3.63) is 59.9 Å². The number of hydrogen-bond acceptors (Lipinski definition) is 3. The van der Waals surface area contributed by atoms with E-state index in [4.69, 9.17) is 0 Å². The van der Waals surface area contributed by atoms with Gasteiger partial charge in [0.1, 0.15) is 5.82 Å². The normalized spacial score (nSPS) is 19.0. The Bertz CT molecular complexity index is 915. The predicted octanol–water partition coefficient (Wildman–Crippen LogP) is 3.46. The van der Waals surface area contributed by atoms with Crippen molar-refractivity contribution in [3.8, 4) is 0 Å². The SMILES string of the molecule is C[C@@H]1CN(c2ccccc2F)CCN1C(=O)c1cccc(NC(=O)NC2CC2)c1. The van der Waals surface area contributed by atoms with Gasteiger partial charge in [-0.15, -0.1) is 0 Å². The summed E-state index contributed by atoms with van der Waals surface area (Å²) in [6, 6.07) is 13.7. The largest absolute Gasteiger partial charge is 0.365 e. The summed E-state index contributed by atoms with van der Waals surface area (Å²) in [4.78, 5) is 28.8. The van der Waals surface area contributed by atoms with Crippen LogP contribution >= 0.6 is 0 Å². The molecule has 2 aromatic rings. The van der Waals surface area contributed by atoms with Crippen LogP contribution < -0.4 is 15.5 Å². The number of carbonyl (C=O) groups is 2. The molecule has 0 spiro atoms. The minimum Gasteiger partial charge on any atom is -0.365 e. The van der Waals surface area contributed by atoms with E-state index in [1.807, 2.05) is 17.9 Å². The van der Waals surface area contributed by atoms with Gasteiger partial charge in [-0.05, 0) is 50.1 Å². The molecule has 0 radical (unpaired) electrons. The summed E-state index contributed by atoms with van der Waals surface area (Å²) in [6.45, 7) is 3.61. The number of urea groups is 1. The number of carbonyl (C=O) groups excluding carboxylic acids is 2. The molecule has 152 valence electrons. The van der Waals surface area contributed by atoms with E-state index in [9.17, 15) is 14.0 Å². The van der Waals surface area contributed by atoms with Gasteiger partial charge in [0.2, 0.25) is 0 Å². The molecule has 7 heteroatoms. The maximum Gasteiger partial charge on any atom is 0.319 e. The molecule has 6 nitrogen and oxygen atoms in total. The van der Waals surface area contributed by atoms with Crippen LogP contribution in [-0.4, -0.2) is 48.6 Å². The standard InChI is InChI=1S/C22H25FN4O2/c1-15-14-26(20-8-3-2-7-19(20)23)11-12-27(15)21(28)16-5-4-6-18(13-16)25-22(29)24-17-9-10-17/h2-8,13,15,17H,9-12,14H2,1H3,(H2,24,25,29)/t15-/m1/s1. The molecule has 1 atom stereocenters. The fraction of sp³-hybridized carbons (Fsp3) is 0.364. The quantitative estimate of drug-likeness (QED) is 0.832. The molecule has 1 aliphatic heterocycles. The molecule has 1 aliphatic carbocycles. The zero-order valence-corrected chi connectivity index (χ0v) is 16.4. The average Bonchev–Trinajstić information content (AvgIpc) is 3.52. The van der Waals surface area contributed by atoms with Gasteiger partial charge >= 0.3 is 6.03 Å². The number of benzene rings is 2. The smallest absolute Gasteiger partial charge is 0.319 e. The second-order valence-corrected chi connectivity index (χ2v) is 7.70. The van der Waals surface area contributed by atoms with Crippen LogP contribution in [0.3, 0.4) is 0 Å². The first-order valence-corrected chi connectivity index (χ1v) is 9.99. The monoisotopic (exact) mass is 396 g/mol. The molecule has 2 aliphatic rings. The van der Waals surface area contributed by atoms with Crippen LogP contribution in [0.1, 0.15) is 30.1 Å². The van der Waals surface area contributed by atoms with E-state index in [1.54, 1.807) is 41.3 Å². The molecule has 0 bridgehead atoms. The van der Waals surface area contributed by atoms with Crippen LogP contribution in [0.5, 0.6) is 0 Å². The summed E-state index contributed by atoms with van der Waals surface area (Å²) in [7, 11) is 0. The molecular weight excluding hydrogens is 371 g/mol. The summed E-state index contributed by atoms with van der Waals surface area (Å²) in [5, 5.41) is 5.65. The van der Waals surface area contributed by atoms with Crippen molar-refractivity contribution in [2.75, 3.05) is 29.9 Å². The molecule has 0 aromatic heterocycles. The van der Waals surface area contributed by atoms with Gasteiger partial charge in [-0.3, -0.25) is 4.79 Å². The van der Waals surface area contributed by atoms with Gasteiger partial charge in [0.15, 0.2) is 0 Å². The molecule has 29 heavy (non-hydrogen) atoms. The minimum absolute atomic E-state index is 0.0642. The second-order valence-electron chi connectivity index (χ2n) is 7.70. The Morgan fingerprint density at radius 1 is 1.07 bits per heavy atom. The Labute approximate surface area is 169 Å². The first kappa shape index (κ1) is 19.2. The Balaban J connectivity index is 1.41. The number of rotatable bonds is 4. The van der Waals surface area contributed by atoms with Crippen LogP contribution in [0.2, 0.25) is 0 Å². The topological polar surface area (TPSA) is 64.7 Å². The van der Waals surface area contributed by atoms with Crippen molar-refractivity contribution < 1.29 is 14.0 Å². The molecule has 2 fully saturated rings. The number of halogens is 1. The molecular formula is C22H25FN4O2. The number of nitrogens with one attached hydrogen (secondary N) is 2. The van der Waals surface area contributed by atoms with Gasteiger partial charge in [-0.1, -0.05) is 18.2 Å². The van der Waals surface area contributed by atoms with Gasteiger partial charge in [0.05, 0.1) is 5.69 Å². The van der Waals surface area contributed by atoms with E-state index in [0.717, 1.165) is 12.8 Å². The van der Waals surface area contributed by atoms with Crippen molar-refractivity contribution >= 4 is 23.3 Å². The summed E-state index contributed by atoms with van der Waals surface area (Å²) >= 11 is 0. The zero-order valence-electron chi connectivity index (χ0n) is 16.4. The highest BCUT2D eigenvalue weighted by molar-refractivity contribution is 5.97. The summed E-state index contributed by atoms with van der Waals surface area (Å²) < 4.78 is 14.1. The lowest BCUT2D eigenvalue weighted by atomic mass is 10.1. The molecule has 4 rings (SSSR count). The third-order valence-electron chi connectivity index (χ3n) is 5.36. The van der Waals surface area contributed by atoms with Gasteiger partial charge < -0.3 is 20.4 Å². The number of para-hydroxylation sites is 1. The minimum atomic E-state index is -0.247. The number of nitrogens with zero attached hydrogens (tertiary/aromatic N) is 2. The van der Waals surface area contributed by atoms with E-state index >= 15 is 0 Å². The van der Waals surface area contributed by atoms with Gasteiger partial charge in [-0.25, -0.2) is 9.18 Å². The second kappa shape index (κ2) is 8.11. The van der Waals surface area contributed by atoms with E-state index in [-0.39, 0.29) is 29.8 Å². The molecule has 1 saturated carbocycles. The lowest BCUT2D eigenvalue weighted by Gasteiger charge is -2.41. The fourth-order valence-electron chi connectivity index (χ4n) is 3.66. The first-order chi connectivity index (χ1) is 14.0. The third kappa shape index (κ3) is 4.50. The molecule has 3 amide bonds. The average molecular weight is 396 g/mol. The Hall–Kier alpha value is -3.09. The van der Waals surface area contributed by atoms with Crippen molar-refractivity contribution in [1.82, 2.24) is 10.2 Å². The Morgan fingerprint density at radius 2 is 1.86 bits per heavy atom. The number of piperazine rings is 1. The number of anilines is 2. The van der Waals surface area contributed by atoms with Gasteiger partial charge in [0.25, 0.3) is 5.91 Å². The van der Waals surface area contributed by atoms with Gasteiger partial charge in [0, 0.05) is 43.0 Å². The zero-order chi connectivity index (χ0) is 20.4. The fourth-order valence-corrected chi connectivity index (χ4v) is 3.66. The molecule has 1 saturated heterocycles. The van der Waals surface area contributed by atoms with E-state index < -0.39 is 0 Å². The van der Waals surface area contributed by atoms with Crippen LogP contribution in [0, 0.1) is 5.82 Å². The summed E-state index contributed by atoms with van der Waals surface area (Å²) in [5.41, 5.74) is 1.69. The molecule has 2 N–H and O–H groups in total. The van der Waals surface area contributed by atoms with Crippen molar-refractivity contribution in [2.24, 2.45) is 0 Å². The third-order valence-corrected chi connectivity index (χ3v) is 5.36. The Morgan fingerprint density at radius 3 is 2.59 bits per heavy atom. The van der Waals surface area contributed by atoms with Crippen molar-refractivity contribution in [1.29, 1.82) is 0 Å². The highest BCUT2D eigenvalue weighted by Gasteiger charge is 2.29. The summed E-state index contributed by atoms with van der Waals surface area (Å²) in [5.74, 6) is -0.334. The van der Waals surface area contributed by atoms with Crippen LogP contribution in [0.15, 0.2) is 48.5 Å². The lowest BCUT2D eigenvalue weighted by Crippen LogP contribution is -2.54. The highest BCUT2D eigenvalue weighted by Crippen LogP contribution is 2.24. The molecule has 1 heterocycles. The van der Waals surface area contributed by atoms with E-state index in [1.165, 1.54) is 6.07 Å². The maximum atomic E-state index is 14.1. The van der Waals surface area contributed by atoms with E-state index in [2.05, 4.69) is 10.6 Å². The molecule has 0 unspecified atom stereocenters. The molecule has 2 aromatic carbocycles. The van der Waals surface area contributed by atoms with Crippen molar-refractivity contribution in [2.45, 2.75) is 31.8 Å². The van der Waals surface area contributed by atoms with Crippen LogP contribution in [0.4, 0.5) is 20.6 Å². The first-order valence-electron chi connectivity index (χ1n) is 9.99. The maximum absolute atomic E-state index is 14.1. The lowest BCUT2D eigenvalue weighted by molar-refractivity contribution is 0.0674.